The maximum atomic E-state index is 13.3. The lowest BCUT2D eigenvalue weighted by molar-refractivity contribution is -0.149. The molecule has 0 bridgehead atoms. The van der Waals surface area contributed by atoms with E-state index in [1.807, 2.05) is 7.05 Å². The van der Waals surface area contributed by atoms with E-state index < -0.39 is 0 Å². The maximum absolute atomic E-state index is 13.3. The van der Waals surface area contributed by atoms with Crippen LogP contribution in [0.25, 0.3) is 0 Å². The molecule has 1 amide bonds. The highest BCUT2D eigenvalue weighted by atomic mass is 35.5. The normalized spacial score (nSPS) is 25.4. The van der Waals surface area contributed by atoms with E-state index in [-0.39, 0.29) is 11.6 Å². The molecule has 0 N–H and O–H groups in total. The number of amides is 1. The van der Waals surface area contributed by atoms with Crippen molar-refractivity contribution in [1.82, 2.24) is 19.6 Å². The fourth-order valence-corrected chi connectivity index (χ4v) is 4.64. The van der Waals surface area contributed by atoms with Crippen LogP contribution in [0.5, 0.6) is 0 Å². The van der Waals surface area contributed by atoms with Crippen molar-refractivity contribution in [2.45, 2.75) is 71.0 Å². The van der Waals surface area contributed by atoms with Gasteiger partial charge in [0, 0.05) is 31.7 Å². The number of rotatable bonds is 4. The number of aromatic nitrogens is 2. The van der Waals surface area contributed by atoms with Gasteiger partial charge >= 0.3 is 0 Å². The number of carbonyl (C=O) groups is 1. The molecule has 2 saturated heterocycles. The summed E-state index contributed by atoms with van der Waals surface area (Å²) in [5.74, 6) is 0.319. The van der Waals surface area contributed by atoms with Crippen LogP contribution in [-0.2, 0) is 24.8 Å². The van der Waals surface area contributed by atoms with Crippen LogP contribution in [0.1, 0.15) is 57.7 Å². The van der Waals surface area contributed by atoms with E-state index in [9.17, 15) is 4.79 Å². The maximum Gasteiger partial charge on any atom is 0.243 e. The highest BCUT2D eigenvalue weighted by molar-refractivity contribution is 6.30. The van der Waals surface area contributed by atoms with Crippen LogP contribution < -0.4 is 0 Å². The van der Waals surface area contributed by atoms with Crippen molar-refractivity contribution in [3.8, 4) is 0 Å². The number of halogens is 1. The van der Waals surface area contributed by atoms with Gasteiger partial charge in [0.05, 0.1) is 5.69 Å². The Balaban J connectivity index is 1.90. The number of piperidine rings is 1. The lowest BCUT2D eigenvalue weighted by Gasteiger charge is -2.46. The molecule has 5 nitrogen and oxygen atoms in total. The van der Waals surface area contributed by atoms with Crippen LogP contribution in [0.15, 0.2) is 0 Å². The second kappa shape index (κ2) is 6.68. The summed E-state index contributed by atoms with van der Waals surface area (Å²) in [4.78, 5) is 17.7. The van der Waals surface area contributed by atoms with E-state index in [0.717, 1.165) is 63.0 Å². The van der Waals surface area contributed by atoms with Crippen LogP contribution in [0.2, 0.25) is 5.15 Å². The first-order valence-corrected chi connectivity index (χ1v) is 9.55. The smallest absolute Gasteiger partial charge is 0.243 e. The minimum atomic E-state index is -0.327. The summed E-state index contributed by atoms with van der Waals surface area (Å²) >= 11 is 6.49. The second-order valence-corrected chi connectivity index (χ2v) is 7.80. The minimum absolute atomic E-state index is 0.269. The van der Waals surface area contributed by atoms with E-state index in [4.69, 9.17) is 11.6 Å². The second-order valence-electron chi connectivity index (χ2n) is 7.45. The number of hydrogen-bond donors (Lipinski definition) is 0. The highest BCUT2D eigenvalue weighted by Crippen LogP contribution is 2.40. The zero-order chi connectivity index (χ0) is 17.5. The van der Waals surface area contributed by atoms with Crippen molar-refractivity contribution >= 4 is 17.5 Å². The molecule has 0 saturated carbocycles. The van der Waals surface area contributed by atoms with E-state index >= 15 is 0 Å². The SMILES string of the molecule is CCc1nn(C)c(Cl)c1CN1CCCC12CCCN(C(C)C)C2=O. The van der Waals surface area contributed by atoms with Gasteiger partial charge in [-0.05, 0) is 52.5 Å². The van der Waals surface area contributed by atoms with Crippen molar-refractivity contribution in [1.29, 1.82) is 0 Å². The first-order valence-electron chi connectivity index (χ1n) is 9.17. The molecule has 1 aromatic rings. The first-order chi connectivity index (χ1) is 11.4. The van der Waals surface area contributed by atoms with Gasteiger partial charge in [-0.25, -0.2) is 0 Å². The standard InChI is InChI=1S/C18H29ClN4O/c1-5-15-14(16(19)21(4)20-15)12-22-10-6-8-18(22)9-7-11-23(13(2)3)17(18)24/h13H,5-12H2,1-4H3. The van der Waals surface area contributed by atoms with Crippen LogP contribution in [0.4, 0.5) is 0 Å². The summed E-state index contributed by atoms with van der Waals surface area (Å²) in [7, 11) is 1.89. The predicted molar refractivity (Wildman–Crippen MR) is 96.1 cm³/mol. The zero-order valence-corrected chi connectivity index (χ0v) is 16.1. The Morgan fingerprint density at radius 2 is 1.92 bits per heavy atom. The van der Waals surface area contributed by atoms with Gasteiger partial charge in [0.25, 0.3) is 0 Å². The highest BCUT2D eigenvalue weighted by Gasteiger charge is 2.51. The van der Waals surface area contributed by atoms with Crippen LogP contribution in [0.3, 0.4) is 0 Å². The van der Waals surface area contributed by atoms with Gasteiger partial charge in [0.2, 0.25) is 5.91 Å². The largest absolute Gasteiger partial charge is 0.339 e. The van der Waals surface area contributed by atoms with E-state index in [1.54, 1.807) is 4.68 Å². The number of aryl methyl sites for hydroxylation is 2. The number of nitrogens with zero attached hydrogens (tertiary/aromatic N) is 4. The van der Waals surface area contributed by atoms with Gasteiger partial charge in [-0.2, -0.15) is 5.10 Å². The van der Waals surface area contributed by atoms with Crippen molar-refractivity contribution in [3.05, 3.63) is 16.4 Å². The fraction of sp³-hybridized carbons (Fsp3) is 0.778. The Kier molecular flexibility index (Phi) is 4.94. The van der Waals surface area contributed by atoms with Crippen molar-refractivity contribution in [2.75, 3.05) is 13.1 Å². The van der Waals surface area contributed by atoms with Gasteiger partial charge in [-0.15, -0.1) is 0 Å². The predicted octanol–water partition coefficient (Wildman–Crippen LogP) is 3.00. The van der Waals surface area contributed by atoms with Crippen LogP contribution >= 0.6 is 11.6 Å². The molecule has 6 heteroatoms. The number of likely N-dealkylation sites (tertiary alicyclic amines) is 2. The Morgan fingerprint density at radius 3 is 2.54 bits per heavy atom. The Hall–Kier alpha value is -1.07. The fourth-order valence-electron chi connectivity index (χ4n) is 4.43. The van der Waals surface area contributed by atoms with Gasteiger partial charge in [0.1, 0.15) is 10.7 Å². The average Bonchev–Trinajstić information content (AvgIpc) is 3.06. The van der Waals surface area contributed by atoms with E-state index in [1.165, 1.54) is 0 Å². The first kappa shape index (κ1) is 17.7. The number of carbonyl (C=O) groups excluding carboxylic acids is 1. The minimum Gasteiger partial charge on any atom is -0.339 e. The van der Waals surface area contributed by atoms with Crippen LogP contribution in [-0.4, -0.2) is 50.2 Å². The molecular formula is C18H29ClN4O. The molecule has 24 heavy (non-hydrogen) atoms. The topological polar surface area (TPSA) is 41.4 Å². The molecule has 3 rings (SSSR count). The quantitative estimate of drug-likeness (QED) is 0.836. The lowest BCUT2D eigenvalue weighted by atomic mass is 9.84. The summed E-state index contributed by atoms with van der Waals surface area (Å²) < 4.78 is 1.75. The van der Waals surface area contributed by atoms with Gasteiger partial charge < -0.3 is 4.90 Å². The Morgan fingerprint density at radius 1 is 1.25 bits per heavy atom. The van der Waals surface area contributed by atoms with Crippen molar-refractivity contribution in [2.24, 2.45) is 7.05 Å². The Bertz CT molecular complexity index is 627. The zero-order valence-electron chi connectivity index (χ0n) is 15.3. The molecule has 1 unspecified atom stereocenters. The van der Waals surface area contributed by atoms with Gasteiger partial charge in [0.15, 0.2) is 0 Å². The molecule has 2 aliphatic heterocycles. The van der Waals surface area contributed by atoms with Crippen LogP contribution in [0, 0.1) is 0 Å². The molecule has 3 heterocycles. The lowest BCUT2D eigenvalue weighted by Crippen LogP contribution is -2.61. The summed E-state index contributed by atoms with van der Waals surface area (Å²) in [6.45, 7) is 8.92. The molecule has 2 fully saturated rings. The average molecular weight is 353 g/mol. The summed E-state index contributed by atoms with van der Waals surface area (Å²) in [5.41, 5.74) is 1.82. The molecule has 1 atom stereocenters. The third-order valence-corrected chi connectivity index (χ3v) is 6.20. The van der Waals surface area contributed by atoms with Crippen molar-refractivity contribution < 1.29 is 4.79 Å². The monoisotopic (exact) mass is 352 g/mol. The molecule has 134 valence electrons. The van der Waals surface area contributed by atoms with Gasteiger partial charge in [-0.1, -0.05) is 18.5 Å². The molecule has 1 aromatic heterocycles. The summed E-state index contributed by atoms with van der Waals surface area (Å²) in [6, 6.07) is 0.269. The van der Waals surface area contributed by atoms with E-state index in [2.05, 4.69) is 35.7 Å². The van der Waals surface area contributed by atoms with Gasteiger partial charge in [-0.3, -0.25) is 14.4 Å². The summed E-state index contributed by atoms with van der Waals surface area (Å²) in [6.07, 6.45) is 4.96. The molecule has 1 spiro atoms. The third kappa shape index (κ3) is 2.76. The molecule has 0 aliphatic carbocycles. The third-order valence-electron chi connectivity index (χ3n) is 5.73. The van der Waals surface area contributed by atoms with Crippen molar-refractivity contribution in [3.63, 3.8) is 0 Å². The molecule has 0 aromatic carbocycles. The molecular weight excluding hydrogens is 324 g/mol. The molecule has 2 aliphatic rings. The Labute approximate surface area is 149 Å². The summed E-state index contributed by atoms with van der Waals surface area (Å²) in [5, 5.41) is 5.24. The van der Waals surface area contributed by atoms with E-state index in [0.29, 0.717) is 11.1 Å². The number of hydrogen-bond acceptors (Lipinski definition) is 3. The molecule has 0 radical (unpaired) electrons.